The highest BCUT2D eigenvalue weighted by Crippen LogP contribution is 2.23. The maximum atomic E-state index is 13.1. The molecule has 1 aromatic carbocycles. The minimum atomic E-state index is -4.51. The fraction of sp³-hybridized carbons (Fsp3) is 0.533. The first kappa shape index (κ1) is 20.7. The summed E-state index contributed by atoms with van der Waals surface area (Å²) in [4.78, 5) is 11.9. The zero-order valence-electron chi connectivity index (χ0n) is 12.6. The summed E-state index contributed by atoms with van der Waals surface area (Å²) in [5.74, 6) is -0.932. The molecule has 0 aliphatic carbocycles. The van der Waals surface area contributed by atoms with Crippen LogP contribution in [0.4, 0.5) is 13.2 Å². The average molecular weight is 339 g/mol. The lowest BCUT2D eigenvalue weighted by molar-refractivity contribution is -0.162. The molecule has 1 rings (SSSR count). The number of hydrogen-bond acceptors (Lipinski definition) is 2. The van der Waals surface area contributed by atoms with Crippen LogP contribution in [0.1, 0.15) is 25.8 Å². The third kappa shape index (κ3) is 6.23. The van der Waals surface area contributed by atoms with Crippen molar-refractivity contribution in [3.8, 4) is 0 Å². The summed E-state index contributed by atoms with van der Waals surface area (Å²) < 4.78 is 39.2. The van der Waals surface area contributed by atoms with Crippen LogP contribution in [0.3, 0.4) is 0 Å². The zero-order valence-corrected chi connectivity index (χ0v) is 13.4. The van der Waals surface area contributed by atoms with Gasteiger partial charge in [-0.25, -0.2) is 0 Å². The molecule has 3 N–H and O–H groups in total. The smallest absolute Gasteiger partial charge is 0.343 e. The second kappa shape index (κ2) is 9.00. The number of halogens is 4. The molecule has 0 heterocycles. The Balaban J connectivity index is 0.00000441. The predicted octanol–water partition coefficient (Wildman–Crippen LogP) is 3.07. The van der Waals surface area contributed by atoms with Gasteiger partial charge < -0.3 is 11.1 Å². The van der Waals surface area contributed by atoms with Crippen molar-refractivity contribution < 1.29 is 18.0 Å². The topological polar surface area (TPSA) is 55.1 Å². The van der Waals surface area contributed by atoms with E-state index < -0.39 is 24.2 Å². The minimum Gasteiger partial charge on any atom is -0.343 e. The van der Waals surface area contributed by atoms with Crippen LogP contribution in [-0.2, 0) is 11.2 Å². The number of alkyl halides is 3. The van der Waals surface area contributed by atoms with Gasteiger partial charge in [-0.15, -0.1) is 12.4 Å². The highest BCUT2D eigenvalue weighted by molar-refractivity contribution is 5.85. The number of rotatable bonds is 6. The van der Waals surface area contributed by atoms with E-state index in [-0.39, 0.29) is 24.7 Å². The fourth-order valence-electron chi connectivity index (χ4n) is 1.88. The molecular formula is C15H22ClF3N2O. The lowest BCUT2D eigenvalue weighted by Crippen LogP contribution is -2.53. The molecule has 0 fully saturated rings. The number of amides is 1. The van der Waals surface area contributed by atoms with E-state index in [1.807, 2.05) is 12.2 Å². The van der Waals surface area contributed by atoms with Crippen molar-refractivity contribution in [3.63, 3.8) is 0 Å². The third-order valence-electron chi connectivity index (χ3n) is 3.55. The molecule has 1 aromatic rings. The van der Waals surface area contributed by atoms with E-state index in [1.165, 1.54) is 0 Å². The second-order valence-corrected chi connectivity index (χ2v) is 5.20. The first-order valence-corrected chi connectivity index (χ1v) is 6.92. The Kier molecular flexibility index (Phi) is 8.48. The molecule has 126 valence electrons. The Morgan fingerprint density at radius 2 is 1.82 bits per heavy atom. The van der Waals surface area contributed by atoms with Gasteiger partial charge in [-0.05, 0) is 11.5 Å². The van der Waals surface area contributed by atoms with Crippen molar-refractivity contribution in [2.45, 2.75) is 44.9 Å². The average Bonchev–Trinajstić information content (AvgIpc) is 2.44. The van der Waals surface area contributed by atoms with E-state index >= 15 is 0 Å². The van der Waals surface area contributed by atoms with Crippen molar-refractivity contribution in [1.82, 2.24) is 5.32 Å². The Hall–Kier alpha value is -1.27. The van der Waals surface area contributed by atoms with Gasteiger partial charge in [0.2, 0.25) is 5.91 Å². The van der Waals surface area contributed by atoms with Gasteiger partial charge in [0.05, 0.1) is 6.04 Å². The molecule has 0 saturated heterocycles. The summed E-state index contributed by atoms with van der Waals surface area (Å²) in [6.45, 7) is 3.58. The van der Waals surface area contributed by atoms with Crippen molar-refractivity contribution in [1.29, 1.82) is 0 Å². The number of carbonyl (C=O) groups is 1. The SMILES string of the molecule is CCC(C)C(N)C(=O)NC(Cc1ccccc1)C(F)(F)F.Cl. The summed E-state index contributed by atoms with van der Waals surface area (Å²) in [7, 11) is 0. The molecule has 3 nitrogen and oxygen atoms in total. The Labute approximate surface area is 134 Å². The van der Waals surface area contributed by atoms with E-state index in [9.17, 15) is 18.0 Å². The maximum Gasteiger partial charge on any atom is 0.408 e. The van der Waals surface area contributed by atoms with Crippen LogP contribution < -0.4 is 11.1 Å². The second-order valence-electron chi connectivity index (χ2n) is 5.20. The van der Waals surface area contributed by atoms with Gasteiger partial charge in [-0.2, -0.15) is 13.2 Å². The van der Waals surface area contributed by atoms with Gasteiger partial charge >= 0.3 is 6.18 Å². The zero-order chi connectivity index (χ0) is 16.0. The molecule has 0 radical (unpaired) electrons. The molecule has 0 aromatic heterocycles. The Bertz CT molecular complexity index is 454. The molecule has 1 amide bonds. The molecule has 3 unspecified atom stereocenters. The highest BCUT2D eigenvalue weighted by Gasteiger charge is 2.41. The van der Waals surface area contributed by atoms with E-state index in [1.54, 1.807) is 37.3 Å². The number of carbonyl (C=O) groups excluding carboxylic acids is 1. The van der Waals surface area contributed by atoms with Crippen LogP contribution in [0.5, 0.6) is 0 Å². The van der Waals surface area contributed by atoms with Crippen LogP contribution in [-0.4, -0.2) is 24.2 Å². The van der Waals surface area contributed by atoms with E-state index in [4.69, 9.17) is 5.73 Å². The summed E-state index contributed by atoms with van der Waals surface area (Å²) in [5, 5.41) is 2.03. The summed E-state index contributed by atoms with van der Waals surface area (Å²) in [5.41, 5.74) is 6.19. The maximum absolute atomic E-state index is 13.1. The first-order chi connectivity index (χ1) is 9.75. The number of nitrogens with one attached hydrogen (secondary N) is 1. The van der Waals surface area contributed by atoms with E-state index in [2.05, 4.69) is 0 Å². The number of benzene rings is 1. The molecule has 0 saturated carbocycles. The van der Waals surface area contributed by atoms with Crippen LogP contribution in [0.15, 0.2) is 30.3 Å². The minimum absolute atomic E-state index is 0. The molecule has 0 aliphatic heterocycles. The molecule has 3 atom stereocenters. The largest absolute Gasteiger partial charge is 0.408 e. The van der Waals surface area contributed by atoms with E-state index in [0.717, 1.165) is 0 Å². The number of hydrogen-bond donors (Lipinski definition) is 2. The lowest BCUT2D eigenvalue weighted by Gasteiger charge is -2.25. The molecule has 0 spiro atoms. The van der Waals surface area contributed by atoms with Gasteiger partial charge in [0.1, 0.15) is 6.04 Å². The molecule has 7 heteroatoms. The van der Waals surface area contributed by atoms with Crippen molar-refractivity contribution in [2.24, 2.45) is 11.7 Å². The van der Waals surface area contributed by atoms with Gasteiger partial charge in [-0.3, -0.25) is 4.79 Å². The normalized spacial score (nSPS) is 15.4. The van der Waals surface area contributed by atoms with E-state index in [0.29, 0.717) is 12.0 Å². The van der Waals surface area contributed by atoms with Crippen LogP contribution in [0, 0.1) is 5.92 Å². The molecule has 0 bridgehead atoms. The third-order valence-corrected chi connectivity index (χ3v) is 3.55. The summed E-state index contributed by atoms with van der Waals surface area (Å²) in [6, 6.07) is 5.38. The Morgan fingerprint density at radius 3 is 2.27 bits per heavy atom. The monoisotopic (exact) mass is 338 g/mol. The van der Waals surface area contributed by atoms with Crippen molar-refractivity contribution in [3.05, 3.63) is 35.9 Å². The van der Waals surface area contributed by atoms with Crippen LogP contribution in [0.25, 0.3) is 0 Å². The lowest BCUT2D eigenvalue weighted by atomic mass is 9.98. The van der Waals surface area contributed by atoms with Crippen LogP contribution in [0.2, 0.25) is 0 Å². The van der Waals surface area contributed by atoms with Gasteiger partial charge in [0, 0.05) is 6.42 Å². The van der Waals surface area contributed by atoms with Gasteiger partial charge in [0.15, 0.2) is 0 Å². The standard InChI is InChI=1S/C15H21F3N2O.ClH/c1-3-10(2)13(19)14(21)20-12(15(16,17)18)9-11-7-5-4-6-8-11;/h4-8,10,12-13H,3,9,19H2,1-2H3,(H,20,21);1H. The summed E-state index contributed by atoms with van der Waals surface area (Å²) >= 11 is 0. The Morgan fingerprint density at radius 1 is 1.27 bits per heavy atom. The highest BCUT2D eigenvalue weighted by atomic mass is 35.5. The van der Waals surface area contributed by atoms with Crippen molar-refractivity contribution >= 4 is 18.3 Å². The summed E-state index contributed by atoms with van der Waals surface area (Å²) in [6.07, 6.45) is -4.19. The molecular weight excluding hydrogens is 317 g/mol. The fourth-order valence-corrected chi connectivity index (χ4v) is 1.88. The van der Waals surface area contributed by atoms with Gasteiger partial charge in [0.25, 0.3) is 0 Å². The molecule has 0 aliphatic rings. The van der Waals surface area contributed by atoms with Crippen LogP contribution >= 0.6 is 12.4 Å². The number of nitrogens with two attached hydrogens (primary N) is 1. The predicted molar refractivity (Wildman–Crippen MR) is 82.8 cm³/mol. The first-order valence-electron chi connectivity index (χ1n) is 6.92. The van der Waals surface area contributed by atoms with Gasteiger partial charge in [-0.1, -0.05) is 50.6 Å². The van der Waals surface area contributed by atoms with Crippen molar-refractivity contribution in [2.75, 3.05) is 0 Å². The quantitative estimate of drug-likeness (QED) is 0.837. The molecule has 22 heavy (non-hydrogen) atoms.